The Labute approximate surface area is 295 Å². The van der Waals surface area contributed by atoms with Crippen molar-refractivity contribution in [2.24, 2.45) is 0 Å². The zero-order chi connectivity index (χ0) is 33.5. The molecule has 0 bridgehead atoms. The van der Waals surface area contributed by atoms with Crippen LogP contribution in [0.2, 0.25) is 0 Å². The van der Waals surface area contributed by atoms with Crippen LogP contribution >= 0.6 is 0 Å². The molecule has 0 aliphatic heterocycles. The predicted octanol–water partition coefficient (Wildman–Crippen LogP) is 13.7. The van der Waals surface area contributed by atoms with Crippen molar-refractivity contribution in [1.29, 1.82) is 0 Å². The van der Waals surface area contributed by atoms with Crippen LogP contribution in [0.25, 0.3) is 82.8 Å². The van der Waals surface area contributed by atoms with E-state index in [2.05, 4.69) is 151 Å². The Morgan fingerprint density at radius 1 is 0.392 bits per heavy atom. The van der Waals surface area contributed by atoms with Gasteiger partial charge < -0.3 is 13.7 Å². The monoisotopic (exact) mass is 653 g/mol. The molecule has 0 amide bonds. The molecule has 8 aromatic rings. The summed E-state index contributed by atoms with van der Waals surface area (Å²) in [6.45, 7) is 0. The molecule has 0 saturated carbocycles. The number of hydrogen-bond donors (Lipinski definition) is 0. The second-order valence-electron chi connectivity index (χ2n) is 13.6. The number of rotatable bonds is 6. The number of allylic oxidation sites excluding steroid dienone is 4. The fourth-order valence-electron chi connectivity index (χ4n) is 8.10. The van der Waals surface area contributed by atoms with Crippen LogP contribution in [0.3, 0.4) is 0 Å². The fraction of sp³-hybridized carbons (Fsp3) is 0.0417. The maximum Gasteiger partial charge on any atom is 0.143 e. The lowest BCUT2D eigenvalue weighted by Gasteiger charge is -2.30. The van der Waals surface area contributed by atoms with E-state index in [0.29, 0.717) is 0 Å². The first kappa shape index (κ1) is 28.3. The van der Waals surface area contributed by atoms with E-state index < -0.39 is 0 Å². The van der Waals surface area contributed by atoms with Gasteiger partial charge in [-0.3, -0.25) is 0 Å². The zero-order valence-electron chi connectivity index (χ0n) is 27.8. The summed E-state index contributed by atoms with van der Waals surface area (Å²) in [5.74, 6) is 0. The minimum Gasteiger partial charge on any atom is -0.455 e. The van der Waals surface area contributed by atoms with E-state index in [1.165, 1.54) is 44.5 Å². The maximum atomic E-state index is 6.41. The van der Waals surface area contributed by atoms with Crippen molar-refractivity contribution >= 4 is 60.8 Å². The van der Waals surface area contributed by atoms with Gasteiger partial charge in [0.15, 0.2) is 0 Å². The Morgan fingerprint density at radius 3 is 1.49 bits per heavy atom. The van der Waals surface area contributed by atoms with Gasteiger partial charge in [-0.1, -0.05) is 115 Å². The van der Waals surface area contributed by atoms with Gasteiger partial charge in [-0.2, -0.15) is 0 Å². The van der Waals surface area contributed by atoms with Gasteiger partial charge >= 0.3 is 0 Å². The third kappa shape index (κ3) is 4.38. The van der Waals surface area contributed by atoms with Crippen LogP contribution in [0, 0.1) is 0 Å². The lowest BCUT2D eigenvalue weighted by molar-refractivity contribution is 0.667. The first-order valence-electron chi connectivity index (χ1n) is 17.6. The van der Waals surface area contributed by atoms with Crippen molar-refractivity contribution in [3.8, 4) is 33.4 Å². The summed E-state index contributed by atoms with van der Waals surface area (Å²) in [5.41, 5.74) is 17.3. The average Bonchev–Trinajstić information content (AvgIpc) is 3.76. The quantitative estimate of drug-likeness (QED) is 0.179. The summed E-state index contributed by atoms with van der Waals surface area (Å²) in [5, 5.41) is 4.62. The largest absolute Gasteiger partial charge is 0.455 e. The number of furan rings is 2. The van der Waals surface area contributed by atoms with Gasteiger partial charge in [0, 0.05) is 49.7 Å². The van der Waals surface area contributed by atoms with E-state index in [4.69, 9.17) is 8.83 Å². The van der Waals surface area contributed by atoms with Gasteiger partial charge in [-0.25, -0.2) is 0 Å². The molecular formula is C48H31NO2. The van der Waals surface area contributed by atoms with Gasteiger partial charge in [0.25, 0.3) is 0 Å². The summed E-state index contributed by atoms with van der Waals surface area (Å²) in [6.07, 6.45) is 6.40. The molecule has 3 heteroatoms. The SMILES string of the molecule is C1=C(c2cccc3c2oc2ccccc23)CCC(N(c2ccc(-c3cc4ccc3-4)cc2)c2ccc(-c3cccc4c3oc3ccccc34)cc2)=C1. The second kappa shape index (κ2) is 11.0. The Balaban J connectivity index is 0.991. The van der Waals surface area contributed by atoms with Crippen molar-refractivity contribution in [3.05, 3.63) is 175 Å². The number of nitrogens with zero attached hydrogens (tertiary/aromatic N) is 1. The van der Waals surface area contributed by atoms with Gasteiger partial charge in [-0.15, -0.1) is 0 Å². The highest BCUT2D eigenvalue weighted by Crippen LogP contribution is 2.45. The highest BCUT2D eigenvalue weighted by atomic mass is 16.3. The fourth-order valence-corrected chi connectivity index (χ4v) is 8.10. The standard InChI is InChI=1S/C48H31NO2/c1-3-13-45-40(7-1)42-11-5-9-38(47(42)50-45)30-15-22-34(23-16-30)49(36-26-19-32(20-27-36)44-29-33-21-28-37(33)44)35-24-17-31(18-25-35)39-10-6-12-43-41-8-2-4-14-46(41)51-48(39)43/h1-17,19-24,26-29H,18,25H2. The Hall–Kier alpha value is -6.58. The summed E-state index contributed by atoms with van der Waals surface area (Å²) in [4.78, 5) is 2.41. The maximum absolute atomic E-state index is 6.41. The van der Waals surface area contributed by atoms with Crippen LogP contribution < -0.4 is 4.90 Å². The average molecular weight is 654 g/mol. The summed E-state index contributed by atoms with van der Waals surface area (Å²) in [6, 6.07) is 54.1. The van der Waals surface area contributed by atoms with Gasteiger partial charge in [0.2, 0.25) is 0 Å². The molecule has 3 aliphatic carbocycles. The lowest BCUT2D eigenvalue weighted by atomic mass is 9.83. The van der Waals surface area contributed by atoms with Crippen LogP contribution in [0.1, 0.15) is 18.4 Å². The van der Waals surface area contributed by atoms with E-state index in [1.54, 1.807) is 0 Å². The summed E-state index contributed by atoms with van der Waals surface area (Å²) >= 11 is 0. The Bertz CT molecular complexity index is 2900. The molecule has 3 aliphatic rings. The third-order valence-corrected chi connectivity index (χ3v) is 10.8. The molecule has 0 saturated heterocycles. The van der Waals surface area contributed by atoms with Crippen LogP contribution in [-0.4, -0.2) is 0 Å². The van der Waals surface area contributed by atoms with Gasteiger partial charge in [0.05, 0.1) is 0 Å². The second-order valence-corrected chi connectivity index (χ2v) is 13.6. The zero-order valence-corrected chi connectivity index (χ0v) is 27.8. The highest BCUT2D eigenvalue weighted by Gasteiger charge is 2.22. The number of benzene rings is 7. The van der Waals surface area contributed by atoms with E-state index in [1.807, 2.05) is 18.2 Å². The van der Waals surface area contributed by atoms with Gasteiger partial charge in [-0.05, 0) is 94.8 Å². The molecule has 0 radical (unpaired) electrons. The molecule has 3 nitrogen and oxygen atoms in total. The van der Waals surface area contributed by atoms with Crippen molar-refractivity contribution in [3.63, 3.8) is 0 Å². The van der Waals surface area contributed by atoms with Crippen LogP contribution in [-0.2, 0) is 0 Å². The molecule has 240 valence electrons. The molecule has 0 spiro atoms. The normalized spacial score (nSPS) is 13.6. The Morgan fingerprint density at radius 2 is 0.941 bits per heavy atom. The number of fused-ring (bicyclic) bond motifs is 7. The molecule has 0 atom stereocenters. The van der Waals surface area contributed by atoms with Crippen LogP contribution in [0.15, 0.2) is 178 Å². The molecule has 0 unspecified atom stereocenters. The molecule has 0 fully saturated rings. The highest BCUT2D eigenvalue weighted by molar-refractivity contribution is 6.10. The molecule has 0 N–H and O–H groups in total. The first-order chi connectivity index (χ1) is 25.3. The Kier molecular flexibility index (Phi) is 6.08. The minimum atomic E-state index is 0.899. The van der Waals surface area contributed by atoms with E-state index >= 15 is 0 Å². The molecule has 6 aromatic carbocycles. The van der Waals surface area contributed by atoms with E-state index in [-0.39, 0.29) is 0 Å². The number of hydrogen-bond acceptors (Lipinski definition) is 3. The van der Waals surface area contributed by atoms with Crippen LogP contribution in [0.5, 0.6) is 0 Å². The lowest BCUT2D eigenvalue weighted by Crippen LogP contribution is -2.18. The van der Waals surface area contributed by atoms with Gasteiger partial charge in [0.1, 0.15) is 22.3 Å². The van der Waals surface area contributed by atoms with Crippen molar-refractivity contribution in [1.82, 2.24) is 0 Å². The molecule has 2 heterocycles. The summed E-state index contributed by atoms with van der Waals surface area (Å²) < 4.78 is 12.8. The van der Waals surface area contributed by atoms with Crippen LogP contribution in [0.4, 0.5) is 11.4 Å². The molecule has 51 heavy (non-hydrogen) atoms. The number of para-hydroxylation sites is 4. The molecule has 11 rings (SSSR count). The topological polar surface area (TPSA) is 29.5 Å². The smallest absolute Gasteiger partial charge is 0.143 e. The summed E-state index contributed by atoms with van der Waals surface area (Å²) in [7, 11) is 0. The molecular weight excluding hydrogens is 623 g/mol. The molecule has 2 aromatic heterocycles. The predicted molar refractivity (Wildman–Crippen MR) is 211 cm³/mol. The van der Waals surface area contributed by atoms with Crippen molar-refractivity contribution in [2.45, 2.75) is 12.8 Å². The van der Waals surface area contributed by atoms with E-state index in [0.717, 1.165) is 73.8 Å². The van der Waals surface area contributed by atoms with E-state index in [9.17, 15) is 0 Å². The number of anilines is 2. The first-order valence-corrected chi connectivity index (χ1v) is 17.6. The third-order valence-electron chi connectivity index (χ3n) is 10.8. The van der Waals surface area contributed by atoms with Crippen molar-refractivity contribution in [2.75, 3.05) is 4.90 Å². The minimum absolute atomic E-state index is 0.899. The van der Waals surface area contributed by atoms with Crippen molar-refractivity contribution < 1.29 is 8.83 Å².